The molecule has 0 aliphatic carbocycles. The molecule has 0 atom stereocenters. The van der Waals surface area contributed by atoms with E-state index in [4.69, 9.17) is 11.6 Å². The van der Waals surface area contributed by atoms with E-state index in [9.17, 15) is 0 Å². The number of fused-ring (bicyclic) bond motifs is 1. The third-order valence-electron chi connectivity index (χ3n) is 2.20. The molecule has 0 spiro atoms. The van der Waals surface area contributed by atoms with E-state index in [-0.39, 0.29) is 0 Å². The second-order valence-corrected chi connectivity index (χ2v) is 3.69. The fourth-order valence-corrected chi connectivity index (χ4v) is 1.60. The molecular weight excluding hydrogens is 224 g/mol. The van der Waals surface area contributed by atoms with E-state index in [2.05, 4.69) is 15.2 Å². The highest BCUT2D eigenvalue weighted by molar-refractivity contribution is 6.29. The van der Waals surface area contributed by atoms with Crippen LogP contribution in [0.15, 0.2) is 42.5 Å². The average Bonchev–Trinajstić information content (AvgIpc) is 2.73. The molecule has 0 fully saturated rings. The molecule has 0 radical (unpaired) electrons. The van der Waals surface area contributed by atoms with Gasteiger partial charge in [-0.05, 0) is 24.3 Å². The lowest BCUT2D eigenvalue weighted by Gasteiger charge is -1.95. The summed E-state index contributed by atoms with van der Waals surface area (Å²) in [6, 6.07) is 13.2. The third-order valence-corrected chi connectivity index (χ3v) is 2.41. The van der Waals surface area contributed by atoms with Gasteiger partial charge >= 0.3 is 0 Å². The van der Waals surface area contributed by atoms with Gasteiger partial charge in [-0.1, -0.05) is 29.8 Å². The topological polar surface area (TPSA) is 43.6 Å². The molecule has 0 aliphatic rings. The van der Waals surface area contributed by atoms with Crippen molar-refractivity contribution in [2.75, 3.05) is 0 Å². The lowest BCUT2D eigenvalue weighted by atomic mass is 10.3. The van der Waals surface area contributed by atoms with Crippen molar-refractivity contribution in [3.63, 3.8) is 0 Å². The van der Waals surface area contributed by atoms with E-state index in [0.29, 0.717) is 10.8 Å². The molecule has 0 amide bonds. The molecule has 0 bridgehead atoms. The number of aromatic nitrogens is 4. The van der Waals surface area contributed by atoms with Gasteiger partial charge in [0.2, 0.25) is 5.65 Å². The van der Waals surface area contributed by atoms with Gasteiger partial charge in [-0.25, -0.2) is 4.98 Å². The summed E-state index contributed by atoms with van der Waals surface area (Å²) in [7, 11) is 0. The first-order chi connectivity index (χ1) is 7.83. The fourth-order valence-electron chi connectivity index (χ4n) is 1.46. The third kappa shape index (κ3) is 1.53. The van der Waals surface area contributed by atoms with Gasteiger partial charge in [-0.3, -0.25) is 0 Å². The van der Waals surface area contributed by atoms with Crippen molar-refractivity contribution < 1.29 is 0 Å². The van der Waals surface area contributed by atoms with E-state index in [1.807, 2.05) is 30.3 Å². The molecule has 3 rings (SSSR count). The van der Waals surface area contributed by atoms with E-state index >= 15 is 0 Å². The molecule has 0 N–H and O–H groups in total. The smallest absolute Gasteiger partial charge is 0.203 e. The Hall–Kier alpha value is -1.94. The van der Waals surface area contributed by atoms with Crippen LogP contribution in [0.4, 0.5) is 0 Å². The van der Waals surface area contributed by atoms with Gasteiger partial charge in [0.25, 0.3) is 0 Å². The van der Waals surface area contributed by atoms with Crippen molar-refractivity contribution in [1.82, 2.24) is 20.0 Å². The summed E-state index contributed by atoms with van der Waals surface area (Å²) >= 11 is 5.79. The van der Waals surface area contributed by atoms with Crippen molar-refractivity contribution in [2.45, 2.75) is 0 Å². The number of benzene rings is 1. The number of hydrogen-bond donors (Lipinski definition) is 0. The van der Waals surface area contributed by atoms with Crippen LogP contribution in [0.25, 0.3) is 16.9 Å². The summed E-state index contributed by atoms with van der Waals surface area (Å²) in [5.74, 6) is 0. The summed E-state index contributed by atoms with van der Waals surface area (Å²) in [6.07, 6.45) is 0. The number of hydrogen-bond acceptors (Lipinski definition) is 3. The number of nitrogens with zero attached hydrogens (tertiary/aromatic N) is 4. The monoisotopic (exact) mass is 230 g/mol. The van der Waals surface area contributed by atoms with E-state index in [1.165, 1.54) is 0 Å². The summed E-state index contributed by atoms with van der Waals surface area (Å²) in [6.45, 7) is 0. The maximum Gasteiger partial charge on any atom is 0.203 e. The van der Waals surface area contributed by atoms with Crippen molar-refractivity contribution in [2.24, 2.45) is 0 Å². The molecule has 0 unspecified atom stereocenters. The molecule has 1 aromatic carbocycles. The SMILES string of the molecule is Clc1ccc2nn(-c3ccccc3)nc2n1. The Balaban J connectivity index is 2.19. The molecule has 5 heteroatoms. The molecule has 2 heterocycles. The first-order valence-electron chi connectivity index (χ1n) is 4.78. The normalized spacial score (nSPS) is 10.8. The number of para-hydroxylation sites is 1. The van der Waals surface area contributed by atoms with Crippen LogP contribution >= 0.6 is 11.6 Å². The predicted molar refractivity (Wildman–Crippen MR) is 61.7 cm³/mol. The first-order valence-corrected chi connectivity index (χ1v) is 5.16. The molecule has 0 saturated carbocycles. The lowest BCUT2D eigenvalue weighted by molar-refractivity contribution is 0.763. The quantitative estimate of drug-likeness (QED) is 0.603. The molecule has 0 aliphatic heterocycles. The van der Waals surface area contributed by atoms with Gasteiger partial charge in [-0.15, -0.1) is 15.0 Å². The van der Waals surface area contributed by atoms with Crippen molar-refractivity contribution in [3.8, 4) is 5.69 Å². The standard InChI is InChI=1S/C11H7ClN4/c12-10-7-6-9-11(13-10)15-16(14-9)8-4-2-1-3-5-8/h1-7H. The number of pyridine rings is 1. The first kappa shape index (κ1) is 9.30. The Bertz CT molecular complexity index is 633. The van der Waals surface area contributed by atoms with Gasteiger partial charge in [0.05, 0.1) is 5.69 Å². The molecule has 2 aromatic heterocycles. The summed E-state index contributed by atoms with van der Waals surface area (Å²) < 4.78 is 0. The van der Waals surface area contributed by atoms with Crippen LogP contribution in [0.3, 0.4) is 0 Å². The molecule has 3 aromatic rings. The highest BCUT2D eigenvalue weighted by Crippen LogP contribution is 2.13. The van der Waals surface area contributed by atoms with Crippen molar-refractivity contribution in [1.29, 1.82) is 0 Å². The van der Waals surface area contributed by atoms with E-state index < -0.39 is 0 Å². The van der Waals surface area contributed by atoms with Crippen LogP contribution < -0.4 is 0 Å². The zero-order valence-corrected chi connectivity index (χ0v) is 8.96. The van der Waals surface area contributed by atoms with Crippen LogP contribution in [0.2, 0.25) is 5.15 Å². The van der Waals surface area contributed by atoms with Gasteiger partial charge in [0, 0.05) is 0 Å². The van der Waals surface area contributed by atoms with Gasteiger partial charge < -0.3 is 0 Å². The second kappa shape index (κ2) is 3.57. The minimum absolute atomic E-state index is 0.424. The second-order valence-electron chi connectivity index (χ2n) is 3.30. The molecule has 16 heavy (non-hydrogen) atoms. The van der Waals surface area contributed by atoms with Crippen molar-refractivity contribution in [3.05, 3.63) is 47.6 Å². The largest absolute Gasteiger partial charge is 0.213 e. The van der Waals surface area contributed by atoms with Gasteiger partial charge in [0.15, 0.2) is 0 Å². The molecular formula is C11H7ClN4. The molecule has 4 nitrogen and oxygen atoms in total. The van der Waals surface area contributed by atoms with E-state index in [1.54, 1.807) is 16.9 Å². The van der Waals surface area contributed by atoms with Crippen LogP contribution in [-0.2, 0) is 0 Å². The minimum atomic E-state index is 0.424. The molecule has 0 saturated heterocycles. The number of rotatable bonds is 1. The summed E-state index contributed by atoms with van der Waals surface area (Å²) in [5.41, 5.74) is 2.18. The van der Waals surface area contributed by atoms with Crippen LogP contribution in [-0.4, -0.2) is 20.0 Å². The van der Waals surface area contributed by atoms with Crippen LogP contribution in [0.1, 0.15) is 0 Å². The Labute approximate surface area is 96.5 Å². The Kier molecular flexibility index (Phi) is 2.08. The minimum Gasteiger partial charge on any atom is -0.213 e. The summed E-state index contributed by atoms with van der Waals surface area (Å²) in [5, 5.41) is 8.99. The maximum atomic E-state index is 5.79. The Morgan fingerprint density at radius 2 is 1.75 bits per heavy atom. The fraction of sp³-hybridized carbons (Fsp3) is 0. The lowest BCUT2D eigenvalue weighted by Crippen LogP contribution is -1.97. The highest BCUT2D eigenvalue weighted by Gasteiger charge is 2.05. The van der Waals surface area contributed by atoms with Gasteiger partial charge in [0.1, 0.15) is 10.7 Å². The van der Waals surface area contributed by atoms with Crippen LogP contribution in [0.5, 0.6) is 0 Å². The van der Waals surface area contributed by atoms with Crippen LogP contribution in [0, 0.1) is 0 Å². The van der Waals surface area contributed by atoms with E-state index in [0.717, 1.165) is 11.2 Å². The van der Waals surface area contributed by atoms with Crippen molar-refractivity contribution >= 4 is 22.8 Å². The number of halogens is 1. The van der Waals surface area contributed by atoms with Gasteiger partial charge in [-0.2, -0.15) is 0 Å². The zero-order chi connectivity index (χ0) is 11.0. The maximum absolute atomic E-state index is 5.79. The molecule has 78 valence electrons. The Morgan fingerprint density at radius 3 is 2.56 bits per heavy atom. The summed E-state index contributed by atoms with van der Waals surface area (Å²) in [4.78, 5) is 5.64. The average molecular weight is 231 g/mol. The zero-order valence-electron chi connectivity index (χ0n) is 8.21. The predicted octanol–water partition coefficient (Wildman–Crippen LogP) is 2.47. The highest BCUT2D eigenvalue weighted by atomic mass is 35.5. The Morgan fingerprint density at radius 1 is 0.938 bits per heavy atom.